The van der Waals surface area contributed by atoms with Gasteiger partial charge >= 0.3 is 0 Å². The average Bonchev–Trinajstić information content (AvgIpc) is 3.27. The van der Waals surface area contributed by atoms with Crippen molar-refractivity contribution in [2.75, 3.05) is 33.3 Å². The van der Waals surface area contributed by atoms with E-state index in [1.54, 1.807) is 13.4 Å². The van der Waals surface area contributed by atoms with Crippen LogP contribution >= 0.6 is 24.0 Å². The summed E-state index contributed by atoms with van der Waals surface area (Å²) in [6, 6.07) is 15.1. The second-order valence-electron chi connectivity index (χ2n) is 8.57. The molecule has 1 fully saturated rings. The molecule has 1 aromatic heterocycles. The van der Waals surface area contributed by atoms with Crippen LogP contribution in [0.4, 0.5) is 0 Å². The van der Waals surface area contributed by atoms with Crippen LogP contribution in [0, 0.1) is 0 Å². The summed E-state index contributed by atoms with van der Waals surface area (Å²) in [7, 11) is 1.73. The summed E-state index contributed by atoms with van der Waals surface area (Å²) in [5, 5.41) is 7.11. The fraction of sp³-hybridized carbons (Fsp3) is 0.542. The zero-order valence-corrected chi connectivity index (χ0v) is 21.3. The molecule has 0 aliphatic carbocycles. The van der Waals surface area contributed by atoms with Gasteiger partial charge in [-0.25, -0.2) is 0 Å². The first kappa shape index (κ1) is 25.7. The summed E-state index contributed by atoms with van der Waals surface area (Å²) in [5.74, 6) is 1.83. The van der Waals surface area contributed by atoms with E-state index in [9.17, 15) is 0 Å². The number of hydrogen-bond acceptors (Lipinski definition) is 4. The Balaban J connectivity index is 0.00000341. The Morgan fingerprint density at radius 2 is 1.90 bits per heavy atom. The highest BCUT2D eigenvalue weighted by Gasteiger charge is 2.21. The highest BCUT2D eigenvalue weighted by atomic mass is 127. The normalized spacial score (nSPS) is 16.0. The molecule has 7 heteroatoms. The van der Waals surface area contributed by atoms with E-state index >= 15 is 0 Å². The van der Waals surface area contributed by atoms with E-state index in [2.05, 4.69) is 59.7 Å². The first-order chi connectivity index (χ1) is 14.5. The minimum absolute atomic E-state index is 0. The molecule has 2 aromatic rings. The molecule has 1 aromatic carbocycles. The smallest absolute Gasteiger partial charge is 0.191 e. The molecule has 1 saturated heterocycles. The number of nitrogens with one attached hydrogen (secondary N) is 2. The molecule has 1 aliphatic rings. The summed E-state index contributed by atoms with van der Waals surface area (Å²) in [4.78, 5) is 7.32. The van der Waals surface area contributed by atoms with Gasteiger partial charge in [-0.15, -0.1) is 24.0 Å². The fourth-order valence-corrected chi connectivity index (χ4v) is 3.52. The number of nitrogens with zero attached hydrogens (tertiary/aromatic N) is 2. The van der Waals surface area contributed by atoms with Crippen molar-refractivity contribution in [2.24, 2.45) is 4.99 Å². The molecule has 0 saturated carbocycles. The Kier molecular flexibility index (Phi) is 10.8. The molecule has 6 nitrogen and oxygen atoms in total. The number of furan rings is 1. The number of aliphatic imine (C=N–C) groups is 1. The molecule has 0 spiro atoms. The zero-order valence-electron chi connectivity index (χ0n) is 19.0. The molecule has 2 heterocycles. The zero-order chi connectivity index (χ0) is 21.2. The molecule has 0 atom stereocenters. The van der Waals surface area contributed by atoms with E-state index in [4.69, 9.17) is 14.1 Å². The maximum absolute atomic E-state index is 5.53. The van der Waals surface area contributed by atoms with Gasteiger partial charge in [-0.05, 0) is 44.4 Å². The number of ether oxygens (including phenoxy) is 1. The molecule has 1 aliphatic heterocycles. The number of piperidine rings is 1. The molecule has 0 amide bonds. The predicted octanol–water partition coefficient (Wildman–Crippen LogP) is 4.06. The second-order valence-corrected chi connectivity index (χ2v) is 8.57. The van der Waals surface area contributed by atoms with Gasteiger partial charge in [0.1, 0.15) is 5.76 Å². The third-order valence-electron chi connectivity index (χ3n) is 5.59. The van der Waals surface area contributed by atoms with Crippen molar-refractivity contribution in [3.05, 3.63) is 60.1 Å². The van der Waals surface area contributed by atoms with Crippen LogP contribution in [-0.4, -0.2) is 55.8 Å². The molecule has 2 N–H and O–H groups in total. The van der Waals surface area contributed by atoms with Gasteiger partial charge < -0.3 is 19.8 Å². The number of benzene rings is 1. The van der Waals surface area contributed by atoms with Crippen molar-refractivity contribution in [3.63, 3.8) is 0 Å². The summed E-state index contributed by atoms with van der Waals surface area (Å²) in [5.41, 5.74) is 1.10. The number of likely N-dealkylation sites (tertiary alicyclic amines) is 1. The Labute approximate surface area is 203 Å². The van der Waals surface area contributed by atoms with Gasteiger partial charge in [0.25, 0.3) is 0 Å². The monoisotopic (exact) mass is 540 g/mol. The minimum Gasteiger partial charge on any atom is -0.469 e. The molecule has 31 heavy (non-hydrogen) atoms. The van der Waals surface area contributed by atoms with Gasteiger partial charge in [0, 0.05) is 45.8 Å². The largest absolute Gasteiger partial charge is 0.469 e. The lowest BCUT2D eigenvalue weighted by Crippen LogP contribution is -2.49. The number of halogens is 1. The average molecular weight is 540 g/mol. The third-order valence-corrected chi connectivity index (χ3v) is 5.59. The van der Waals surface area contributed by atoms with Crippen molar-refractivity contribution in [3.8, 4) is 0 Å². The van der Waals surface area contributed by atoms with Crippen LogP contribution in [0.5, 0.6) is 0 Å². The van der Waals surface area contributed by atoms with Crippen LogP contribution in [0.15, 0.2) is 58.1 Å². The van der Waals surface area contributed by atoms with Crippen LogP contribution in [0.2, 0.25) is 0 Å². The minimum atomic E-state index is -0.283. The van der Waals surface area contributed by atoms with Gasteiger partial charge in [0.2, 0.25) is 0 Å². The van der Waals surface area contributed by atoms with Crippen molar-refractivity contribution < 1.29 is 9.15 Å². The van der Waals surface area contributed by atoms with Gasteiger partial charge in [0.15, 0.2) is 5.96 Å². The van der Waals surface area contributed by atoms with E-state index < -0.39 is 0 Å². The van der Waals surface area contributed by atoms with Crippen LogP contribution in [0.25, 0.3) is 0 Å². The van der Waals surface area contributed by atoms with E-state index in [0.29, 0.717) is 12.6 Å². The lowest BCUT2D eigenvalue weighted by atomic mass is 10.0. The quantitative estimate of drug-likeness (QED) is 0.286. The van der Waals surface area contributed by atoms with E-state index in [-0.39, 0.29) is 29.6 Å². The van der Waals surface area contributed by atoms with Crippen molar-refractivity contribution in [1.82, 2.24) is 15.5 Å². The number of methoxy groups -OCH3 is 1. The van der Waals surface area contributed by atoms with E-state index in [1.807, 2.05) is 12.1 Å². The van der Waals surface area contributed by atoms with Gasteiger partial charge in [-0.1, -0.05) is 30.3 Å². The summed E-state index contributed by atoms with van der Waals surface area (Å²) < 4.78 is 11.0. The summed E-state index contributed by atoms with van der Waals surface area (Å²) >= 11 is 0. The molecule has 0 bridgehead atoms. The number of hydrogen-bond donors (Lipinski definition) is 2. The van der Waals surface area contributed by atoms with Gasteiger partial charge in [0.05, 0.1) is 18.4 Å². The van der Waals surface area contributed by atoms with E-state index in [1.165, 1.54) is 5.56 Å². The highest BCUT2D eigenvalue weighted by Crippen LogP contribution is 2.14. The van der Waals surface area contributed by atoms with Gasteiger partial charge in [-0.3, -0.25) is 9.89 Å². The topological polar surface area (TPSA) is 62.0 Å². The fourth-order valence-electron chi connectivity index (χ4n) is 3.52. The number of rotatable bonds is 9. The number of guanidine groups is 1. The highest BCUT2D eigenvalue weighted by molar-refractivity contribution is 14.0. The van der Waals surface area contributed by atoms with Crippen LogP contribution in [-0.2, 0) is 17.7 Å². The summed E-state index contributed by atoms with van der Waals surface area (Å²) in [6.07, 6.45) is 4.77. The van der Waals surface area contributed by atoms with Crippen molar-refractivity contribution in [2.45, 2.75) is 51.3 Å². The predicted molar refractivity (Wildman–Crippen MR) is 137 cm³/mol. The second kappa shape index (κ2) is 13.1. The summed E-state index contributed by atoms with van der Waals surface area (Å²) in [6.45, 7) is 8.70. The lowest BCUT2D eigenvalue weighted by molar-refractivity contribution is 0.0310. The Hall–Kier alpha value is -1.58. The molecule has 0 radical (unpaired) electrons. The Bertz CT molecular complexity index is 757. The SMILES string of the molecule is COC(C)(C)CN=C(NCCc1ccco1)NC1CCN(Cc2ccccc2)CC1.I. The third kappa shape index (κ3) is 9.21. The maximum atomic E-state index is 5.53. The lowest BCUT2D eigenvalue weighted by Gasteiger charge is -2.33. The van der Waals surface area contributed by atoms with E-state index in [0.717, 1.165) is 57.2 Å². The molecule has 0 unspecified atom stereocenters. The Morgan fingerprint density at radius 1 is 1.16 bits per heavy atom. The van der Waals surface area contributed by atoms with Crippen LogP contribution < -0.4 is 10.6 Å². The molecule has 172 valence electrons. The van der Waals surface area contributed by atoms with Crippen LogP contribution in [0.3, 0.4) is 0 Å². The van der Waals surface area contributed by atoms with Crippen LogP contribution in [0.1, 0.15) is 38.0 Å². The van der Waals surface area contributed by atoms with Gasteiger partial charge in [-0.2, -0.15) is 0 Å². The Morgan fingerprint density at radius 3 is 2.55 bits per heavy atom. The molecule has 3 rings (SSSR count). The maximum Gasteiger partial charge on any atom is 0.191 e. The molecular formula is C24H37IN4O2. The standard InChI is InChI=1S/C24H36N4O2.HI/c1-24(2,29-3)19-26-23(25-14-11-22-10-7-17-30-22)27-21-12-15-28(16-13-21)18-20-8-5-4-6-9-20;/h4-10,17,21H,11-16,18-19H2,1-3H3,(H2,25,26,27);1H. The first-order valence-corrected chi connectivity index (χ1v) is 10.9. The van der Waals surface area contributed by atoms with Crippen molar-refractivity contribution in [1.29, 1.82) is 0 Å². The first-order valence-electron chi connectivity index (χ1n) is 10.9. The van der Waals surface area contributed by atoms with Crippen molar-refractivity contribution >= 4 is 29.9 Å². The molecular weight excluding hydrogens is 503 g/mol.